The number of oxazole rings is 1. The van der Waals surface area contributed by atoms with E-state index < -0.39 is 0 Å². The van der Waals surface area contributed by atoms with E-state index in [0.29, 0.717) is 11.5 Å². The van der Waals surface area contributed by atoms with Gasteiger partial charge in [0.1, 0.15) is 5.52 Å². The summed E-state index contributed by atoms with van der Waals surface area (Å²) in [5, 5.41) is 14.1. The Kier molecular flexibility index (Phi) is 7.86. The Morgan fingerprint density at radius 2 is 0.818 bits per heavy atom. The first-order valence-corrected chi connectivity index (χ1v) is 18.4. The third kappa shape index (κ3) is 5.93. The van der Waals surface area contributed by atoms with Crippen molar-refractivity contribution >= 4 is 32.6 Å². The molecule has 0 spiro atoms. The van der Waals surface area contributed by atoms with Crippen molar-refractivity contribution in [1.29, 1.82) is 5.26 Å². The number of nitrogens with zero attached hydrogens (tertiary/aromatic N) is 2. The average molecular weight is 701 g/mol. The maximum atomic E-state index is 9.21. The molecule has 0 radical (unpaired) electrons. The standard InChI is InChI=1S/C52H32N2O/c53-33-34-15-17-35(18-16-34)36-21-29-43(30-22-36)52-54-51-49(42-27-25-41(26-28-42)48-14-6-10-39-8-2-4-12-46(39)48)31-44(32-50(51)55-52)37-19-23-40(24-20-37)47-13-5-9-38-7-1-3-11-45(38)47/h1-32H. The predicted molar refractivity (Wildman–Crippen MR) is 226 cm³/mol. The zero-order valence-electron chi connectivity index (χ0n) is 29.8. The number of aromatic nitrogens is 1. The van der Waals surface area contributed by atoms with E-state index >= 15 is 0 Å². The summed E-state index contributed by atoms with van der Waals surface area (Å²) in [6.07, 6.45) is 0. The van der Waals surface area contributed by atoms with Crippen LogP contribution in [0, 0.1) is 11.3 Å². The molecule has 0 aliphatic rings. The third-order valence-corrected chi connectivity index (χ3v) is 10.6. The van der Waals surface area contributed by atoms with Gasteiger partial charge in [0.15, 0.2) is 5.58 Å². The van der Waals surface area contributed by atoms with Crippen molar-refractivity contribution in [2.45, 2.75) is 0 Å². The number of rotatable bonds is 6. The molecule has 0 aliphatic carbocycles. The summed E-state index contributed by atoms with van der Waals surface area (Å²) in [7, 11) is 0. The molecule has 0 aliphatic heterocycles. The van der Waals surface area contributed by atoms with Crippen molar-refractivity contribution in [2.24, 2.45) is 0 Å². The van der Waals surface area contributed by atoms with Gasteiger partial charge >= 0.3 is 0 Å². The van der Waals surface area contributed by atoms with Crippen molar-refractivity contribution in [3.8, 4) is 73.2 Å². The summed E-state index contributed by atoms with van der Waals surface area (Å²) in [6, 6.07) is 70.0. The number of benzene rings is 9. The summed E-state index contributed by atoms with van der Waals surface area (Å²) in [6.45, 7) is 0. The molecule has 0 atom stereocenters. The molecule has 0 unspecified atom stereocenters. The van der Waals surface area contributed by atoms with Gasteiger partial charge in [-0.1, -0.05) is 158 Å². The molecule has 9 aromatic carbocycles. The van der Waals surface area contributed by atoms with Crippen molar-refractivity contribution in [3.63, 3.8) is 0 Å². The molecule has 0 bridgehead atoms. The second-order valence-electron chi connectivity index (χ2n) is 13.9. The molecule has 0 fully saturated rings. The Morgan fingerprint density at radius 1 is 0.382 bits per heavy atom. The van der Waals surface area contributed by atoms with Crippen LogP contribution in [-0.2, 0) is 0 Å². The molecule has 0 N–H and O–H groups in total. The first kappa shape index (κ1) is 32.1. The summed E-state index contributed by atoms with van der Waals surface area (Å²) >= 11 is 0. The largest absolute Gasteiger partial charge is 0.436 e. The van der Waals surface area contributed by atoms with Crippen LogP contribution in [0.3, 0.4) is 0 Å². The molecular weight excluding hydrogens is 669 g/mol. The fourth-order valence-corrected chi connectivity index (χ4v) is 7.71. The molecule has 10 aromatic rings. The Bertz CT molecular complexity index is 3050. The summed E-state index contributed by atoms with van der Waals surface area (Å²) in [5.41, 5.74) is 14.2. The first-order chi connectivity index (χ1) is 27.2. The number of fused-ring (bicyclic) bond motifs is 3. The van der Waals surface area contributed by atoms with E-state index in [1.807, 2.05) is 36.4 Å². The van der Waals surface area contributed by atoms with E-state index in [0.717, 1.165) is 50.0 Å². The van der Waals surface area contributed by atoms with E-state index in [4.69, 9.17) is 9.40 Å². The van der Waals surface area contributed by atoms with Crippen LogP contribution in [0.1, 0.15) is 5.56 Å². The van der Waals surface area contributed by atoms with Gasteiger partial charge in [-0.2, -0.15) is 5.26 Å². The summed E-state index contributed by atoms with van der Waals surface area (Å²) in [4.78, 5) is 5.12. The minimum atomic E-state index is 0.568. The van der Waals surface area contributed by atoms with Crippen molar-refractivity contribution in [3.05, 3.63) is 200 Å². The maximum absolute atomic E-state index is 9.21. The molecule has 256 valence electrons. The van der Waals surface area contributed by atoms with Gasteiger partial charge in [0.05, 0.1) is 11.6 Å². The van der Waals surface area contributed by atoms with E-state index in [9.17, 15) is 5.26 Å². The Hall–Kier alpha value is -7.54. The van der Waals surface area contributed by atoms with Crippen LogP contribution in [0.5, 0.6) is 0 Å². The minimum absolute atomic E-state index is 0.568. The summed E-state index contributed by atoms with van der Waals surface area (Å²) < 4.78 is 6.59. The average Bonchev–Trinajstić information content (AvgIpc) is 3.70. The van der Waals surface area contributed by atoms with Crippen molar-refractivity contribution in [2.75, 3.05) is 0 Å². The quantitative estimate of drug-likeness (QED) is 0.173. The van der Waals surface area contributed by atoms with E-state index in [1.54, 1.807) is 0 Å². The van der Waals surface area contributed by atoms with Gasteiger partial charge in [-0.15, -0.1) is 0 Å². The monoisotopic (exact) mass is 700 g/mol. The predicted octanol–water partition coefficient (Wildman–Crippen LogP) is 14.0. The van der Waals surface area contributed by atoms with Gasteiger partial charge in [-0.3, -0.25) is 0 Å². The van der Waals surface area contributed by atoms with Crippen LogP contribution in [0.15, 0.2) is 199 Å². The smallest absolute Gasteiger partial charge is 0.227 e. The lowest BCUT2D eigenvalue weighted by molar-refractivity contribution is 0.620. The highest BCUT2D eigenvalue weighted by atomic mass is 16.3. The van der Waals surface area contributed by atoms with Gasteiger partial charge in [0.2, 0.25) is 5.89 Å². The number of hydrogen-bond acceptors (Lipinski definition) is 3. The molecule has 3 heteroatoms. The third-order valence-electron chi connectivity index (χ3n) is 10.6. The van der Waals surface area contributed by atoms with Gasteiger partial charge in [-0.25, -0.2) is 4.98 Å². The van der Waals surface area contributed by atoms with Gasteiger partial charge < -0.3 is 4.42 Å². The van der Waals surface area contributed by atoms with E-state index in [2.05, 4.69) is 164 Å². The molecule has 0 saturated carbocycles. The van der Waals surface area contributed by atoms with E-state index in [1.165, 1.54) is 43.8 Å². The lowest BCUT2D eigenvalue weighted by Crippen LogP contribution is -1.87. The van der Waals surface area contributed by atoms with Crippen LogP contribution in [0.25, 0.3) is 99.7 Å². The van der Waals surface area contributed by atoms with Gasteiger partial charge in [0.25, 0.3) is 0 Å². The highest BCUT2D eigenvalue weighted by molar-refractivity contribution is 6.00. The van der Waals surface area contributed by atoms with Crippen LogP contribution < -0.4 is 0 Å². The molecule has 0 saturated heterocycles. The zero-order chi connectivity index (χ0) is 36.7. The van der Waals surface area contributed by atoms with Crippen LogP contribution in [0.2, 0.25) is 0 Å². The SMILES string of the molecule is N#Cc1ccc(-c2ccc(-c3nc4c(-c5ccc(-c6cccc7ccccc67)cc5)cc(-c5ccc(-c6cccc7ccccc67)cc5)cc4o3)cc2)cc1. The number of nitriles is 1. The van der Waals surface area contributed by atoms with Crippen LogP contribution >= 0.6 is 0 Å². The van der Waals surface area contributed by atoms with Crippen molar-refractivity contribution in [1.82, 2.24) is 4.98 Å². The van der Waals surface area contributed by atoms with Crippen molar-refractivity contribution < 1.29 is 4.42 Å². The van der Waals surface area contributed by atoms with Crippen LogP contribution in [-0.4, -0.2) is 4.98 Å². The Morgan fingerprint density at radius 3 is 1.36 bits per heavy atom. The minimum Gasteiger partial charge on any atom is -0.436 e. The number of hydrogen-bond donors (Lipinski definition) is 0. The lowest BCUT2D eigenvalue weighted by Gasteiger charge is -2.11. The molecule has 0 amide bonds. The summed E-state index contributed by atoms with van der Waals surface area (Å²) in [5.74, 6) is 0.568. The Labute approximate surface area is 319 Å². The zero-order valence-corrected chi connectivity index (χ0v) is 29.8. The second kappa shape index (κ2) is 13.5. The normalized spacial score (nSPS) is 11.3. The molecular formula is C52H32N2O. The highest BCUT2D eigenvalue weighted by Gasteiger charge is 2.17. The first-order valence-electron chi connectivity index (χ1n) is 18.4. The molecule has 3 nitrogen and oxygen atoms in total. The lowest BCUT2D eigenvalue weighted by atomic mass is 9.93. The molecule has 1 aromatic heterocycles. The fraction of sp³-hybridized carbons (Fsp3) is 0. The maximum Gasteiger partial charge on any atom is 0.227 e. The Balaban J connectivity index is 1.06. The van der Waals surface area contributed by atoms with Gasteiger partial charge in [-0.05, 0) is 108 Å². The van der Waals surface area contributed by atoms with Gasteiger partial charge in [0, 0.05) is 11.1 Å². The van der Waals surface area contributed by atoms with E-state index in [-0.39, 0.29) is 0 Å². The second-order valence-corrected chi connectivity index (χ2v) is 13.9. The molecule has 1 heterocycles. The fourth-order valence-electron chi connectivity index (χ4n) is 7.71. The molecule has 10 rings (SSSR count). The topological polar surface area (TPSA) is 49.8 Å². The van der Waals surface area contributed by atoms with Crippen LogP contribution in [0.4, 0.5) is 0 Å². The highest BCUT2D eigenvalue weighted by Crippen LogP contribution is 2.39. The molecule has 55 heavy (non-hydrogen) atoms.